The highest BCUT2D eigenvalue weighted by atomic mass is 16.3. The Morgan fingerprint density at radius 3 is 2.76 bits per heavy atom. The summed E-state index contributed by atoms with van der Waals surface area (Å²) in [6, 6.07) is 13.3. The van der Waals surface area contributed by atoms with E-state index in [1.54, 1.807) is 18.2 Å². The van der Waals surface area contributed by atoms with Gasteiger partial charge in [-0.25, -0.2) is 4.98 Å². The number of piperidine rings is 1. The molecular weight excluding hydrogens is 370 g/mol. The summed E-state index contributed by atoms with van der Waals surface area (Å²) in [5.74, 6) is -1.03. The van der Waals surface area contributed by atoms with Crippen molar-refractivity contribution in [2.45, 2.75) is 31.7 Å². The zero-order valence-corrected chi connectivity index (χ0v) is 15.7. The predicted molar refractivity (Wildman–Crippen MR) is 104 cm³/mol. The van der Waals surface area contributed by atoms with Crippen LogP contribution in [-0.4, -0.2) is 34.2 Å². The van der Waals surface area contributed by atoms with Gasteiger partial charge in [-0.05, 0) is 42.2 Å². The third-order valence-electron chi connectivity index (χ3n) is 5.61. The molecule has 2 aliphatic rings. The fraction of sp³-hybridized carbons (Fsp3) is 0.273. The van der Waals surface area contributed by atoms with Crippen molar-refractivity contribution in [3.05, 3.63) is 65.0 Å². The molecule has 29 heavy (non-hydrogen) atoms. The Morgan fingerprint density at radius 2 is 1.93 bits per heavy atom. The second kappa shape index (κ2) is 6.84. The van der Waals surface area contributed by atoms with Crippen LogP contribution in [0.2, 0.25) is 0 Å². The van der Waals surface area contributed by atoms with Gasteiger partial charge in [0.15, 0.2) is 5.58 Å². The number of amides is 3. The van der Waals surface area contributed by atoms with Gasteiger partial charge in [0.05, 0.1) is 0 Å². The number of aromatic nitrogens is 1. The monoisotopic (exact) mass is 389 g/mol. The molecule has 3 aromatic rings. The summed E-state index contributed by atoms with van der Waals surface area (Å²) < 4.78 is 5.79. The number of hydrogen-bond acceptors (Lipinski definition) is 5. The summed E-state index contributed by atoms with van der Waals surface area (Å²) in [6.45, 7) is 1.26. The zero-order valence-electron chi connectivity index (χ0n) is 15.7. The van der Waals surface area contributed by atoms with Crippen molar-refractivity contribution in [2.75, 3.05) is 6.54 Å². The summed E-state index contributed by atoms with van der Waals surface area (Å²) in [4.78, 5) is 42.7. The highest BCUT2D eigenvalue weighted by Gasteiger charge is 2.32. The standard InChI is InChI=1S/C22H19N3O4/c26-19-8-6-16(20(27)24-19)21-23-17-7-5-14(11-18(17)29-21)22(28)25-10-9-13-3-1-2-4-15(13)12-25/h1-5,7,11,16H,6,8-10,12H2,(H,24,26,27). The van der Waals surface area contributed by atoms with Crippen molar-refractivity contribution in [2.24, 2.45) is 0 Å². The van der Waals surface area contributed by atoms with Crippen molar-refractivity contribution < 1.29 is 18.8 Å². The van der Waals surface area contributed by atoms with Gasteiger partial charge in [0.2, 0.25) is 17.7 Å². The fourth-order valence-corrected chi connectivity index (χ4v) is 4.01. The zero-order chi connectivity index (χ0) is 20.0. The molecule has 1 atom stereocenters. The van der Waals surface area contributed by atoms with E-state index >= 15 is 0 Å². The second-order valence-electron chi connectivity index (χ2n) is 7.48. The lowest BCUT2D eigenvalue weighted by molar-refractivity contribution is -0.134. The van der Waals surface area contributed by atoms with Crippen LogP contribution in [0.4, 0.5) is 0 Å². The van der Waals surface area contributed by atoms with E-state index in [9.17, 15) is 14.4 Å². The third-order valence-corrected chi connectivity index (χ3v) is 5.61. The van der Waals surface area contributed by atoms with E-state index in [4.69, 9.17) is 4.42 Å². The Labute approximate surface area is 166 Å². The SMILES string of the molecule is O=C1CCC(c2nc3ccc(C(=O)N4CCc5ccccc5C4)cc3o2)C(=O)N1. The summed E-state index contributed by atoms with van der Waals surface area (Å²) in [6.07, 6.45) is 1.47. The predicted octanol–water partition coefficient (Wildman–Crippen LogP) is 2.55. The van der Waals surface area contributed by atoms with Crippen LogP contribution in [0.15, 0.2) is 46.9 Å². The molecule has 3 heterocycles. The molecule has 5 rings (SSSR count). The van der Waals surface area contributed by atoms with Crippen molar-refractivity contribution in [3.63, 3.8) is 0 Å². The molecule has 0 radical (unpaired) electrons. The highest BCUT2D eigenvalue weighted by molar-refractivity contribution is 6.01. The third kappa shape index (κ3) is 3.18. The van der Waals surface area contributed by atoms with Gasteiger partial charge in [-0.15, -0.1) is 0 Å². The molecule has 0 spiro atoms. The second-order valence-corrected chi connectivity index (χ2v) is 7.48. The minimum absolute atomic E-state index is 0.0552. The number of nitrogens with one attached hydrogen (secondary N) is 1. The van der Waals surface area contributed by atoms with Crippen LogP contribution in [0, 0.1) is 0 Å². The normalized spacial score (nSPS) is 19.2. The van der Waals surface area contributed by atoms with Gasteiger partial charge < -0.3 is 9.32 Å². The molecule has 1 saturated heterocycles. The van der Waals surface area contributed by atoms with Crippen molar-refractivity contribution in [1.29, 1.82) is 0 Å². The molecular formula is C22H19N3O4. The molecule has 1 fully saturated rings. The molecule has 3 amide bonds. The minimum atomic E-state index is -0.585. The molecule has 0 saturated carbocycles. The maximum atomic E-state index is 13.0. The summed E-state index contributed by atoms with van der Waals surface area (Å²) in [5.41, 5.74) is 4.05. The largest absolute Gasteiger partial charge is 0.440 e. The average molecular weight is 389 g/mol. The Bertz CT molecular complexity index is 1150. The topological polar surface area (TPSA) is 92.5 Å². The van der Waals surface area contributed by atoms with Gasteiger partial charge >= 0.3 is 0 Å². The van der Waals surface area contributed by atoms with E-state index in [0.717, 1.165) is 6.42 Å². The van der Waals surface area contributed by atoms with Gasteiger partial charge in [0, 0.05) is 25.1 Å². The van der Waals surface area contributed by atoms with Crippen LogP contribution in [-0.2, 0) is 22.6 Å². The lowest BCUT2D eigenvalue weighted by atomic mass is 9.98. The first-order chi connectivity index (χ1) is 14.1. The highest BCUT2D eigenvalue weighted by Crippen LogP contribution is 2.28. The van der Waals surface area contributed by atoms with E-state index in [1.807, 2.05) is 17.0 Å². The van der Waals surface area contributed by atoms with Gasteiger partial charge in [-0.1, -0.05) is 24.3 Å². The van der Waals surface area contributed by atoms with Crippen LogP contribution in [0.3, 0.4) is 0 Å². The van der Waals surface area contributed by atoms with Gasteiger partial charge in [0.1, 0.15) is 11.4 Å². The van der Waals surface area contributed by atoms with Gasteiger partial charge in [0.25, 0.3) is 5.91 Å². The number of nitrogens with zero attached hydrogens (tertiary/aromatic N) is 2. The number of fused-ring (bicyclic) bond motifs is 2. The van der Waals surface area contributed by atoms with E-state index in [-0.39, 0.29) is 24.1 Å². The maximum absolute atomic E-state index is 13.0. The molecule has 2 aliphatic heterocycles. The van der Waals surface area contributed by atoms with Crippen molar-refractivity contribution in [1.82, 2.24) is 15.2 Å². The van der Waals surface area contributed by atoms with E-state index in [2.05, 4.69) is 22.4 Å². The Kier molecular flexibility index (Phi) is 4.16. The molecule has 146 valence electrons. The molecule has 1 unspecified atom stereocenters. The first-order valence-corrected chi connectivity index (χ1v) is 9.69. The van der Waals surface area contributed by atoms with Crippen molar-refractivity contribution in [3.8, 4) is 0 Å². The molecule has 7 heteroatoms. The molecule has 1 N–H and O–H groups in total. The Morgan fingerprint density at radius 1 is 1.10 bits per heavy atom. The number of oxazole rings is 1. The Hall–Kier alpha value is -3.48. The average Bonchev–Trinajstić information content (AvgIpc) is 3.15. The van der Waals surface area contributed by atoms with E-state index in [0.29, 0.717) is 36.2 Å². The Balaban J connectivity index is 1.39. The summed E-state index contributed by atoms with van der Waals surface area (Å²) >= 11 is 0. The number of hydrogen-bond donors (Lipinski definition) is 1. The van der Waals surface area contributed by atoms with Gasteiger partial charge in [-0.2, -0.15) is 0 Å². The van der Waals surface area contributed by atoms with Crippen LogP contribution in [0.25, 0.3) is 11.1 Å². The number of carbonyl (C=O) groups excluding carboxylic acids is 3. The van der Waals surface area contributed by atoms with Crippen LogP contribution >= 0.6 is 0 Å². The smallest absolute Gasteiger partial charge is 0.254 e. The summed E-state index contributed by atoms with van der Waals surface area (Å²) in [7, 11) is 0. The maximum Gasteiger partial charge on any atom is 0.254 e. The fourth-order valence-electron chi connectivity index (χ4n) is 4.01. The molecule has 0 aliphatic carbocycles. The number of benzene rings is 2. The minimum Gasteiger partial charge on any atom is -0.440 e. The molecule has 7 nitrogen and oxygen atoms in total. The molecule has 0 bridgehead atoms. The number of imide groups is 1. The van der Waals surface area contributed by atoms with Crippen molar-refractivity contribution >= 4 is 28.8 Å². The van der Waals surface area contributed by atoms with Crippen LogP contribution < -0.4 is 5.32 Å². The van der Waals surface area contributed by atoms with E-state index < -0.39 is 11.8 Å². The summed E-state index contributed by atoms with van der Waals surface area (Å²) in [5, 5.41) is 2.31. The lowest BCUT2D eigenvalue weighted by Gasteiger charge is -2.28. The first kappa shape index (κ1) is 17.6. The van der Waals surface area contributed by atoms with Crippen LogP contribution in [0.1, 0.15) is 46.1 Å². The molecule has 1 aromatic heterocycles. The number of carbonyl (C=O) groups is 3. The number of rotatable bonds is 2. The lowest BCUT2D eigenvalue weighted by Crippen LogP contribution is -2.39. The van der Waals surface area contributed by atoms with Gasteiger partial charge in [-0.3, -0.25) is 19.7 Å². The first-order valence-electron chi connectivity index (χ1n) is 9.69. The van der Waals surface area contributed by atoms with Crippen LogP contribution in [0.5, 0.6) is 0 Å². The quantitative estimate of drug-likeness (QED) is 0.680. The van der Waals surface area contributed by atoms with E-state index in [1.165, 1.54) is 11.1 Å². The molecule has 2 aromatic carbocycles.